The van der Waals surface area contributed by atoms with Gasteiger partial charge in [0, 0.05) is 0 Å². The molecular weight excluding hydrogens is 272 g/mol. The molecule has 0 saturated carbocycles. The van der Waals surface area contributed by atoms with Crippen LogP contribution in [0.15, 0.2) is 24.3 Å². The second-order valence-corrected chi connectivity index (χ2v) is 5.79. The smallest absolute Gasteiger partial charge is 0.337 e. The number of hydrogen-bond acceptors (Lipinski definition) is 5. The molecule has 2 unspecified atom stereocenters. The summed E-state index contributed by atoms with van der Waals surface area (Å²) in [6, 6.07) is 6.40. The molecule has 0 bridgehead atoms. The summed E-state index contributed by atoms with van der Waals surface area (Å²) < 4.78 is 34.7. The molecule has 1 rings (SSSR count). The average Bonchev–Trinajstić information content (AvgIpc) is 2.36. The zero-order chi connectivity index (χ0) is 14.6. The number of ether oxygens (including phenoxy) is 1. The molecule has 0 fully saturated rings. The van der Waals surface area contributed by atoms with Gasteiger partial charge in [-0.3, -0.25) is 4.55 Å². The number of benzene rings is 1. The first-order chi connectivity index (χ1) is 8.75. The topological polar surface area (TPSA) is 101 Å². The van der Waals surface area contributed by atoms with E-state index in [2.05, 4.69) is 4.74 Å². The number of methoxy groups -OCH3 is 1. The van der Waals surface area contributed by atoms with Crippen molar-refractivity contribution in [3.63, 3.8) is 0 Å². The van der Waals surface area contributed by atoms with E-state index in [0.29, 0.717) is 5.56 Å². The number of hydrogen-bond donors (Lipinski definition) is 2. The second-order valence-electron chi connectivity index (χ2n) is 4.22. The van der Waals surface area contributed by atoms with Crippen LogP contribution in [-0.2, 0) is 14.9 Å². The lowest BCUT2D eigenvalue weighted by molar-refractivity contribution is 0.0600. The molecule has 7 heteroatoms. The average molecular weight is 288 g/mol. The van der Waals surface area contributed by atoms with Crippen molar-refractivity contribution in [2.24, 2.45) is 0 Å². The first-order valence-electron chi connectivity index (χ1n) is 5.58. The molecule has 106 valence electrons. The first-order valence-corrected chi connectivity index (χ1v) is 7.08. The van der Waals surface area contributed by atoms with Crippen LogP contribution < -0.4 is 0 Å². The Labute approximate surface area is 111 Å². The molecule has 19 heavy (non-hydrogen) atoms. The summed E-state index contributed by atoms with van der Waals surface area (Å²) in [5, 5.41) is 9.29. The van der Waals surface area contributed by atoms with Crippen molar-refractivity contribution in [2.45, 2.75) is 24.7 Å². The molecule has 0 aliphatic heterocycles. The van der Waals surface area contributed by atoms with Gasteiger partial charge in [0.05, 0.1) is 12.7 Å². The van der Waals surface area contributed by atoms with Gasteiger partial charge in [-0.25, -0.2) is 4.79 Å². The first kappa shape index (κ1) is 15.6. The van der Waals surface area contributed by atoms with Crippen molar-refractivity contribution in [2.75, 3.05) is 7.11 Å². The Bertz CT molecular complexity index is 534. The molecular formula is C12H16O6S. The lowest BCUT2D eigenvalue weighted by Gasteiger charge is -2.15. The number of esters is 1. The summed E-state index contributed by atoms with van der Waals surface area (Å²) in [5.41, 5.74) is -0.688. The van der Waals surface area contributed by atoms with Crippen molar-refractivity contribution in [3.05, 3.63) is 35.4 Å². The van der Waals surface area contributed by atoms with E-state index >= 15 is 0 Å². The van der Waals surface area contributed by atoms with Crippen LogP contribution >= 0.6 is 0 Å². The Hall–Kier alpha value is -1.44. The minimum absolute atomic E-state index is 0.129. The molecule has 1 aromatic carbocycles. The van der Waals surface area contributed by atoms with Gasteiger partial charge in [0.2, 0.25) is 0 Å². The molecule has 6 nitrogen and oxygen atoms in total. The number of carbonyl (C=O) groups is 1. The highest BCUT2D eigenvalue weighted by atomic mass is 32.2. The maximum Gasteiger partial charge on any atom is 0.337 e. The molecule has 2 atom stereocenters. The number of carbonyl (C=O) groups excluding carboxylic acids is 1. The van der Waals surface area contributed by atoms with Crippen molar-refractivity contribution >= 4 is 16.1 Å². The molecule has 0 aromatic heterocycles. The van der Waals surface area contributed by atoms with E-state index in [1.807, 2.05) is 0 Å². The van der Waals surface area contributed by atoms with Crippen LogP contribution in [0, 0.1) is 0 Å². The SMILES string of the molecule is COC(=O)c1ccc(C(C)CC(O)S(=O)(=O)O)cc1. The fourth-order valence-electron chi connectivity index (χ4n) is 1.63. The quantitative estimate of drug-likeness (QED) is 0.623. The minimum atomic E-state index is -4.45. The molecule has 0 saturated heterocycles. The summed E-state index contributed by atoms with van der Waals surface area (Å²) >= 11 is 0. The predicted octanol–water partition coefficient (Wildman–Crippen LogP) is 1.17. The van der Waals surface area contributed by atoms with Crippen molar-refractivity contribution in [1.82, 2.24) is 0 Å². The fraction of sp³-hybridized carbons (Fsp3) is 0.417. The van der Waals surface area contributed by atoms with Crippen molar-refractivity contribution in [1.29, 1.82) is 0 Å². The van der Waals surface area contributed by atoms with Gasteiger partial charge in [0.15, 0.2) is 5.44 Å². The highest BCUT2D eigenvalue weighted by Crippen LogP contribution is 2.22. The third kappa shape index (κ3) is 4.30. The zero-order valence-corrected chi connectivity index (χ0v) is 11.4. The summed E-state index contributed by atoms with van der Waals surface area (Å²) in [7, 11) is -3.17. The molecule has 1 aromatic rings. The Morgan fingerprint density at radius 1 is 1.32 bits per heavy atom. The van der Waals surface area contributed by atoms with Crippen LogP contribution in [0.5, 0.6) is 0 Å². The van der Waals surface area contributed by atoms with Crippen LogP contribution in [0.3, 0.4) is 0 Å². The number of rotatable bonds is 5. The Balaban J connectivity index is 2.78. The summed E-state index contributed by atoms with van der Waals surface area (Å²) in [4.78, 5) is 11.2. The van der Waals surface area contributed by atoms with Crippen molar-refractivity contribution < 1.29 is 27.6 Å². The lowest BCUT2D eigenvalue weighted by Crippen LogP contribution is -2.21. The third-order valence-electron chi connectivity index (χ3n) is 2.80. The normalized spacial score (nSPS) is 14.7. The zero-order valence-electron chi connectivity index (χ0n) is 10.6. The minimum Gasteiger partial charge on any atom is -0.465 e. The largest absolute Gasteiger partial charge is 0.465 e. The maximum atomic E-state index is 11.2. The summed E-state index contributed by atoms with van der Waals surface area (Å²) in [6.45, 7) is 1.71. The van der Waals surface area contributed by atoms with Crippen LogP contribution in [0.1, 0.15) is 35.2 Å². The van der Waals surface area contributed by atoms with Crippen molar-refractivity contribution in [3.8, 4) is 0 Å². The van der Waals surface area contributed by atoms with E-state index in [1.54, 1.807) is 31.2 Å². The molecule has 0 heterocycles. The van der Waals surface area contributed by atoms with Crippen LogP contribution in [0.4, 0.5) is 0 Å². The monoisotopic (exact) mass is 288 g/mol. The van der Waals surface area contributed by atoms with Gasteiger partial charge >= 0.3 is 5.97 Å². The Morgan fingerprint density at radius 3 is 2.26 bits per heavy atom. The highest BCUT2D eigenvalue weighted by Gasteiger charge is 2.23. The summed E-state index contributed by atoms with van der Waals surface area (Å²) in [5.74, 6) is -0.749. The second kappa shape index (κ2) is 6.14. The van der Waals surface area contributed by atoms with E-state index in [-0.39, 0.29) is 12.3 Å². The van der Waals surface area contributed by atoms with E-state index in [9.17, 15) is 18.3 Å². The number of aliphatic hydroxyl groups is 1. The maximum absolute atomic E-state index is 11.2. The predicted molar refractivity (Wildman–Crippen MR) is 68.4 cm³/mol. The van der Waals surface area contributed by atoms with Gasteiger partial charge in [0.25, 0.3) is 10.1 Å². The Kier molecular flexibility index (Phi) is 5.04. The fourth-order valence-corrected chi connectivity index (χ4v) is 2.16. The number of aliphatic hydroxyl groups excluding tert-OH is 1. The molecule has 2 N–H and O–H groups in total. The van der Waals surface area contributed by atoms with Gasteiger partial charge in [-0.05, 0) is 30.0 Å². The van der Waals surface area contributed by atoms with E-state index in [0.717, 1.165) is 5.56 Å². The molecule has 0 radical (unpaired) electrons. The van der Waals surface area contributed by atoms with E-state index in [4.69, 9.17) is 4.55 Å². The third-order valence-corrected chi connectivity index (χ3v) is 3.68. The standard InChI is InChI=1S/C12H16O6S/c1-8(7-11(13)19(15,16)17)9-3-5-10(6-4-9)12(14)18-2/h3-6,8,11,13H,7H2,1-2H3,(H,15,16,17). The van der Waals surface area contributed by atoms with Crippen LogP contribution in [0.2, 0.25) is 0 Å². The summed E-state index contributed by atoms with van der Waals surface area (Å²) in [6.07, 6.45) is -0.129. The lowest BCUT2D eigenvalue weighted by atomic mass is 9.97. The molecule has 0 aliphatic carbocycles. The van der Waals surface area contributed by atoms with Gasteiger partial charge in [-0.1, -0.05) is 19.1 Å². The molecule has 0 aliphatic rings. The van der Waals surface area contributed by atoms with Gasteiger partial charge in [-0.15, -0.1) is 0 Å². The van der Waals surface area contributed by atoms with Gasteiger partial charge in [0.1, 0.15) is 0 Å². The van der Waals surface area contributed by atoms with E-state index in [1.165, 1.54) is 7.11 Å². The molecule has 0 spiro atoms. The highest BCUT2D eigenvalue weighted by molar-refractivity contribution is 7.86. The van der Waals surface area contributed by atoms with Crippen LogP contribution in [0.25, 0.3) is 0 Å². The van der Waals surface area contributed by atoms with Gasteiger partial charge < -0.3 is 9.84 Å². The van der Waals surface area contributed by atoms with E-state index < -0.39 is 21.5 Å². The van der Waals surface area contributed by atoms with Gasteiger partial charge in [-0.2, -0.15) is 8.42 Å². The molecule has 0 amide bonds. The van der Waals surface area contributed by atoms with Crippen LogP contribution in [-0.4, -0.2) is 36.6 Å². The Morgan fingerprint density at radius 2 is 1.84 bits per heavy atom.